The van der Waals surface area contributed by atoms with E-state index in [4.69, 9.17) is 0 Å². The predicted molar refractivity (Wildman–Crippen MR) is 51.4 cm³/mol. The number of nitrogens with one attached hydrogen (secondary N) is 1. The summed E-state index contributed by atoms with van der Waals surface area (Å²) >= 11 is 0. The molecule has 1 atom stereocenters. The van der Waals surface area contributed by atoms with Gasteiger partial charge >= 0.3 is 0 Å². The molecule has 74 valence electrons. The third kappa shape index (κ3) is 2.02. The van der Waals surface area contributed by atoms with Crippen LogP contribution in [0.15, 0.2) is 0 Å². The van der Waals surface area contributed by atoms with E-state index in [-0.39, 0.29) is 5.91 Å². The van der Waals surface area contributed by atoms with E-state index in [1.54, 1.807) is 6.92 Å². The van der Waals surface area contributed by atoms with Gasteiger partial charge in [0.05, 0.1) is 0 Å². The summed E-state index contributed by atoms with van der Waals surface area (Å²) in [5.41, 5.74) is 0. The molecule has 0 radical (unpaired) electrons. The number of hydrogen-bond donors (Lipinski definition) is 1. The van der Waals surface area contributed by atoms with Crippen LogP contribution in [0.4, 0.5) is 0 Å². The lowest BCUT2D eigenvalue weighted by Crippen LogP contribution is -2.41. The Balaban J connectivity index is 1.76. The molecule has 0 bridgehead atoms. The van der Waals surface area contributed by atoms with Crippen molar-refractivity contribution in [3.63, 3.8) is 0 Å². The van der Waals surface area contributed by atoms with Crippen molar-refractivity contribution in [2.24, 2.45) is 0 Å². The fourth-order valence-electron chi connectivity index (χ4n) is 2.28. The van der Waals surface area contributed by atoms with E-state index in [0.717, 1.165) is 19.0 Å². The second kappa shape index (κ2) is 3.66. The smallest absolute Gasteiger partial charge is 0.217 e. The fraction of sp³-hybridized carbons (Fsp3) is 0.900. The van der Waals surface area contributed by atoms with Gasteiger partial charge in [-0.25, -0.2) is 0 Å². The number of nitrogens with zero attached hydrogens (tertiary/aromatic N) is 1. The number of rotatable bonds is 2. The van der Waals surface area contributed by atoms with Gasteiger partial charge in [0, 0.05) is 32.1 Å². The number of carbonyl (C=O) groups is 1. The average Bonchev–Trinajstić information content (AvgIpc) is 2.31. The van der Waals surface area contributed by atoms with Crippen LogP contribution in [0, 0.1) is 0 Å². The van der Waals surface area contributed by atoms with Crippen LogP contribution in [-0.2, 0) is 4.79 Å². The van der Waals surface area contributed by atoms with Crippen molar-refractivity contribution in [1.29, 1.82) is 0 Å². The van der Waals surface area contributed by atoms with Crippen LogP contribution in [0.25, 0.3) is 0 Å². The summed E-state index contributed by atoms with van der Waals surface area (Å²) in [7, 11) is 0. The lowest BCUT2D eigenvalue weighted by Gasteiger charge is -2.34. The number of hydrogen-bond acceptors (Lipinski definition) is 2. The molecule has 3 heteroatoms. The molecular formula is C10H18N2O. The molecule has 2 fully saturated rings. The van der Waals surface area contributed by atoms with Gasteiger partial charge in [0.2, 0.25) is 5.91 Å². The Morgan fingerprint density at radius 3 is 2.69 bits per heavy atom. The maximum Gasteiger partial charge on any atom is 0.217 e. The molecule has 1 aliphatic carbocycles. The summed E-state index contributed by atoms with van der Waals surface area (Å²) in [6, 6.07) is 1.25. The average molecular weight is 182 g/mol. The van der Waals surface area contributed by atoms with Crippen LogP contribution in [0.3, 0.4) is 0 Å². The molecule has 1 N–H and O–H groups in total. The van der Waals surface area contributed by atoms with Crippen molar-refractivity contribution in [2.75, 3.05) is 13.1 Å². The fourth-order valence-corrected chi connectivity index (χ4v) is 2.28. The quantitative estimate of drug-likeness (QED) is 0.683. The van der Waals surface area contributed by atoms with Crippen molar-refractivity contribution in [3.05, 3.63) is 0 Å². The first kappa shape index (κ1) is 9.00. The minimum Gasteiger partial charge on any atom is -0.352 e. The molecule has 1 heterocycles. The summed E-state index contributed by atoms with van der Waals surface area (Å²) in [6.45, 7) is 3.85. The second-order valence-electron chi connectivity index (χ2n) is 4.27. The second-order valence-corrected chi connectivity index (χ2v) is 4.27. The molecule has 13 heavy (non-hydrogen) atoms. The van der Waals surface area contributed by atoms with E-state index in [1.807, 2.05) is 0 Å². The Bertz CT molecular complexity index is 201. The van der Waals surface area contributed by atoms with E-state index >= 15 is 0 Å². The Hall–Kier alpha value is -0.570. The molecule has 3 nitrogen and oxygen atoms in total. The van der Waals surface area contributed by atoms with Gasteiger partial charge in [-0.15, -0.1) is 0 Å². The number of carbonyl (C=O) groups excluding carboxylic acids is 1. The highest BCUT2D eigenvalue weighted by atomic mass is 16.1. The first-order valence-electron chi connectivity index (χ1n) is 5.27. The van der Waals surface area contributed by atoms with E-state index in [0.29, 0.717) is 6.04 Å². The zero-order valence-corrected chi connectivity index (χ0v) is 8.25. The molecule has 1 aliphatic heterocycles. The van der Waals surface area contributed by atoms with Crippen molar-refractivity contribution in [1.82, 2.24) is 10.2 Å². The SMILES string of the molecule is CC(=O)NC1CCN(C2CCC2)C1. The van der Waals surface area contributed by atoms with Gasteiger partial charge in [-0.2, -0.15) is 0 Å². The van der Waals surface area contributed by atoms with Crippen LogP contribution in [0.5, 0.6) is 0 Å². The van der Waals surface area contributed by atoms with Crippen LogP contribution in [0.2, 0.25) is 0 Å². The molecule has 0 aromatic heterocycles. The maximum atomic E-state index is 10.8. The van der Waals surface area contributed by atoms with Crippen molar-refractivity contribution in [2.45, 2.75) is 44.7 Å². The van der Waals surface area contributed by atoms with Crippen molar-refractivity contribution < 1.29 is 4.79 Å². The summed E-state index contributed by atoms with van der Waals surface area (Å²) in [5.74, 6) is 0.112. The van der Waals surface area contributed by atoms with E-state index in [1.165, 1.54) is 25.8 Å². The minimum atomic E-state index is 0.112. The van der Waals surface area contributed by atoms with Crippen LogP contribution < -0.4 is 5.32 Å². The molecule has 1 amide bonds. The van der Waals surface area contributed by atoms with Crippen LogP contribution in [-0.4, -0.2) is 36.0 Å². The van der Waals surface area contributed by atoms with Crippen molar-refractivity contribution in [3.8, 4) is 0 Å². The van der Waals surface area contributed by atoms with Gasteiger partial charge in [0.25, 0.3) is 0 Å². The monoisotopic (exact) mass is 182 g/mol. The summed E-state index contributed by atoms with van der Waals surface area (Å²) in [4.78, 5) is 13.4. The zero-order chi connectivity index (χ0) is 9.26. The highest BCUT2D eigenvalue weighted by molar-refractivity contribution is 5.73. The Labute approximate surface area is 79.5 Å². The molecule has 1 unspecified atom stereocenters. The van der Waals surface area contributed by atoms with Crippen molar-refractivity contribution >= 4 is 5.91 Å². The Morgan fingerprint density at radius 2 is 2.15 bits per heavy atom. The van der Waals surface area contributed by atoms with Gasteiger partial charge in [-0.05, 0) is 19.3 Å². The number of likely N-dealkylation sites (tertiary alicyclic amines) is 1. The van der Waals surface area contributed by atoms with Gasteiger partial charge in [-0.3, -0.25) is 9.69 Å². The van der Waals surface area contributed by atoms with Gasteiger partial charge < -0.3 is 5.32 Å². The summed E-state index contributed by atoms with van der Waals surface area (Å²) in [6.07, 6.45) is 5.27. The lowest BCUT2D eigenvalue weighted by atomic mass is 9.92. The first-order chi connectivity index (χ1) is 6.25. The van der Waals surface area contributed by atoms with Gasteiger partial charge in [-0.1, -0.05) is 6.42 Å². The van der Waals surface area contributed by atoms with E-state index in [9.17, 15) is 4.79 Å². The molecular weight excluding hydrogens is 164 g/mol. The molecule has 0 spiro atoms. The van der Waals surface area contributed by atoms with Gasteiger partial charge in [0.15, 0.2) is 0 Å². The standard InChI is InChI=1S/C10H18N2O/c1-8(13)11-9-5-6-12(7-9)10-3-2-4-10/h9-10H,2-7H2,1H3,(H,11,13). The normalized spacial score (nSPS) is 30.1. The third-order valence-corrected chi connectivity index (χ3v) is 3.22. The first-order valence-corrected chi connectivity index (χ1v) is 5.27. The molecule has 2 rings (SSSR count). The third-order valence-electron chi connectivity index (χ3n) is 3.22. The lowest BCUT2D eigenvalue weighted by molar-refractivity contribution is -0.119. The van der Waals surface area contributed by atoms with Crippen LogP contribution >= 0.6 is 0 Å². The summed E-state index contributed by atoms with van der Waals surface area (Å²) < 4.78 is 0. The summed E-state index contributed by atoms with van der Waals surface area (Å²) in [5, 5.41) is 2.99. The Morgan fingerprint density at radius 1 is 1.38 bits per heavy atom. The minimum absolute atomic E-state index is 0.112. The maximum absolute atomic E-state index is 10.8. The van der Waals surface area contributed by atoms with Crippen LogP contribution in [0.1, 0.15) is 32.6 Å². The van der Waals surface area contributed by atoms with E-state index in [2.05, 4.69) is 10.2 Å². The van der Waals surface area contributed by atoms with Gasteiger partial charge in [0.1, 0.15) is 0 Å². The molecule has 2 aliphatic rings. The molecule has 1 saturated carbocycles. The highest BCUT2D eigenvalue weighted by Gasteiger charge is 2.31. The predicted octanol–water partition coefficient (Wildman–Crippen LogP) is 0.749. The molecule has 0 aromatic carbocycles. The zero-order valence-electron chi connectivity index (χ0n) is 8.25. The van der Waals surface area contributed by atoms with E-state index < -0.39 is 0 Å². The molecule has 1 saturated heterocycles. The largest absolute Gasteiger partial charge is 0.352 e. The highest BCUT2D eigenvalue weighted by Crippen LogP contribution is 2.27. The molecule has 0 aromatic rings. The topological polar surface area (TPSA) is 32.3 Å². The number of amides is 1. The Kier molecular flexibility index (Phi) is 2.54.